The van der Waals surface area contributed by atoms with E-state index in [0.29, 0.717) is 11.4 Å². The van der Waals surface area contributed by atoms with Crippen molar-refractivity contribution < 1.29 is 4.79 Å². The zero-order chi connectivity index (χ0) is 12.3. The lowest BCUT2D eigenvalue weighted by Gasteiger charge is -2.04. The summed E-state index contributed by atoms with van der Waals surface area (Å²) in [6, 6.07) is 9.76. The smallest absolute Gasteiger partial charge is 0.262 e. The maximum atomic E-state index is 11.8. The van der Waals surface area contributed by atoms with E-state index >= 15 is 0 Å². The third-order valence-corrected chi connectivity index (χ3v) is 4.55. The zero-order valence-electron chi connectivity index (χ0n) is 8.74. The van der Waals surface area contributed by atoms with E-state index in [1.54, 1.807) is 0 Å². The van der Waals surface area contributed by atoms with Crippen molar-refractivity contribution in [2.75, 3.05) is 0 Å². The maximum Gasteiger partial charge on any atom is 0.262 e. The number of nitrogens with one attached hydrogen (secondary N) is 1. The van der Waals surface area contributed by atoms with E-state index in [-0.39, 0.29) is 5.91 Å². The molecule has 0 aliphatic rings. The van der Waals surface area contributed by atoms with Crippen molar-refractivity contribution in [2.24, 2.45) is 0 Å². The van der Waals surface area contributed by atoms with Crippen LogP contribution in [0.15, 0.2) is 44.7 Å². The van der Waals surface area contributed by atoms with Gasteiger partial charge in [-0.1, -0.05) is 28.1 Å². The number of rotatable bonds is 3. The lowest BCUT2D eigenvalue weighted by Crippen LogP contribution is -2.22. The molecule has 0 unspecified atom stereocenters. The molecule has 0 aliphatic heterocycles. The summed E-state index contributed by atoms with van der Waals surface area (Å²) in [7, 11) is 0. The fourth-order valence-corrected chi connectivity index (χ4v) is 3.05. The average molecular weight is 375 g/mol. The van der Waals surface area contributed by atoms with Crippen LogP contribution in [0.3, 0.4) is 0 Å². The van der Waals surface area contributed by atoms with Crippen LogP contribution < -0.4 is 5.32 Å². The number of hydrogen-bond donors (Lipinski definition) is 1. The van der Waals surface area contributed by atoms with E-state index in [4.69, 9.17) is 0 Å². The minimum Gasteiger partial charge on any atom is -0.347 e. The number of thiophene rings is 1. The molecule has 1 N–H and O–H groups in total. The standard InChI is InChI=1S/C12H9Br2NOS/c13-9-3-1-8(2-4-9)7-15-12(16)11-10(14)5-6-17-11/h1-6H,7H2,(H,15,16). The summed E-state index contributed by atoms with van der Waals surface area (Å²) in [5, 5.41) is 4.78. The van der Waals surface area contributed by atoms with Crippen LogP contribution >= 0.6 is 43.2 Å². The van der Waals surface area contributed by atoms with Crippen LogP contribution in [0.4, 0.5) is 0 Å². The first kappa shape index (κ1) is 12.8. The number of carbonyl (C=O) groups is 1. The molecular formula is C12H9Br2NOS. The van der Waals surface area contributed by atoms with Gasteiger partial charge in [-0.05, 0) is 45.1 Å². The van der Waals surface area contributed by atoms with E-state index in [1.165, 1.54) is 11.3 Å². The molecule has 1 aromatic carbocycles. The van der Waals surface area contributed by atoms with Crippen molar-refractivity contribution in [3.8, 4) is 0 Å². The highest BCUT2D eigenvalue weighted by molar-refractivity contribution is 9.10. The van der Waals surface area contributed by atoms with E-state index in [0.717, 1.165) is 14.5 Å². The van der Waals surface area contributed by atoms with Crippen molar-refractivity contribution >= 4 is 49.1 Å². The molecule has 88 valence electrons. The van der Waals surface area contributed by atoms with Crippen LogP contribution in [0.25, 0.3) is 0 Å². The Balaban J connectivity index is 1.97. The lowest BCUT2D eigenvalue weighted by atomic mass is 10.2. The Morgan fingerprint density at radius 2 is 1.88 bits per heavy atom. The highest BCUT2D eigenvalue weighted by Crippen LogP contribution is 2.22. The summed E-state index contributed by atoms with van der Waals surface area (Å²) in [6.07, 6.45) is 0. The topological polar surface area (TPSA) is 29.1 Å². The molecular weight excluding hydrogens is 366 g/mol. The van der Waals surface area contributed by atoms with Gasteiger partial charge in [0.05, 0.1) is 0 Å². The molecule has 1 aromatic heterocycles. The number of amides is 1. The number of hydrogen-bond acceptors (Lipinski definition) is 2. The highest BCUT2D eigenvalue weighted by Gasteiger charge is 2.10. The molecule has 0 spiro atoms. The molecule has 5 heteroatoms. The van der Waals surface area contributed by atoms with Crippen molar-refractivity contribution in [1.82, 2.24) is 5.32 Å². The zero-order valence-corrected chi connectivity index (χ0v) is 12.7. The summed E-state index contributed by atoms with van der Waals surface area (Å²) in [5.74, 6) is -0.0465. The fraction of sp³-hybridized carbons (Fsp3) is 0.0833. The van der Waals surface area contributed by atoms with Gasteiger partial charge in [-0.25, -0.2) is 0 Å². The van der Waals surface area contributed by atoms with Gasteiger partial charge in [0.25, 0.3) is 5.91 Å². The normalized spacial score (nSPS) is 10.2. The Bertz CT molecular complexity index is 522. The minimum atomic E-state index is -0.0465. The van der Waals surface area contributed by atoms with Gasteiger partial charge in [0.2, 0.25) is 0 Å². The molecule has 0 atom stereocenters. The van der Waals surface area contributed by atoms with E-state index in [9.17, 15) is 4.79 Å². The molecule has 2 aromatic rings. The van der Waals surface area contributed by atoms with Gasteiger partial charge < -0.3 is 5.32 Å². The number of carbonyl (C=O) groups excluding carboxylic acids is 1. The van der Waals surface area contributed by atoms with Crippen molar-refractivity contribution in [3.63, 3.8) is 0 Å². The Morgan fingerprint density at radius 1 is 1.18 bits per heavy atom. The van der Waals surface area contributed by atoms with Crippen molar-refractivity contribution in [2.45, 2.75) is 6.54 Å². The summed E-state index contributed by atoms with van der Waals surface area (Å²) in [5.41, 5.74) is 1.08. The fourth-order valence-electron chi connectivity index (χ4n) is 1.32. The first-order chi connectivity index (χ1) is 8.16. The van der Waals surface area contributed by atoms with Gasteiger partial charge in [-0.15, -0.1) is 11.3 Å². The van der Waals surface area contributed by atoms with E-state index in [1.807, 2.05) is 35.7 Å². The van der Waals surface area contributed by atoms with Crippen molar-refractivity contribution in [1.29, 1.82) is 0 Å². The van der Waals surface area contributed by atoms with Crippen LogP contribution in [0, 0.1) is 0 Å². The van der Waals surface area contributed by atoms with Gasteiger partial charge in [-0.2, -0.15) is 0 Å². The first-order valence-corrected chi connectivity index (χ1v) is 7.39. The van der Waals surface area contributed by atoms with Crippen molar-refractivity contribution in [3.05, 3.63) is 55.1 Å². The summed E-state index contributed by atoms with van der Waals surface area (Å²) in [4.78, 5) is 12.5. The summed E-state index contributed by atoms with van der Waals surface area (Å²) >= 11 is 8.15. The average Bonchev–Trinajstić information content (AvgIpc) is 2.74. The maximum absolute atomic E-state index is 11.8. The Labute approximate surface area is 120 Å². The molecule has 0 saturated heterocycles. The summed E-state index contributed by atoms with van der Waals surface area (Å²) < 4.78 is 1.88. The van der Waals surface area contributed by atoms with Gasteiger partial charge in [-0.3, -0.25) is 4.79 Å². The molecule has 2 rings (SSSR count). The third-order valence-electron chi connectivity index (χ3n) is 2.19. The Hall–Kier alpha value is -0.650. The largest absolute Gasteiger partial charge is 0.347 e. The molecule has 0 radical (unpaired) electrons. The van der Waals surface area contributed by atoms with Gasteiger partial charge in [0.1, 0.15) is 4.88 Å². The monoisotopic (exact) mass is 373 g/mol. The SMILES string of the molecule is O=C(NCc1ccc(Br)cc1)c1sccc1Br. The molecule has 0 aliphatic carbocycles. The highest BCUT2D eigenvalue weighted by atomic mass is 79.9. The van der Waals surface area contributed by atoms with E-state index < -0.39 is 0 Å². The summed E-state index contributed by atoms with van der Waals surface area (Å²) in [6.45, 7) is 0.538. The minimum absolute atomic E-state index is 0.0465. The molecule has 1 amide bonds. The predicted molar refractivity (Wildman–Crippen MR) is 77.3 cm³/mol. The quantitative estimate of drug-likeness (QED) is 0.856. The second-order valence-corrected chi connectivity index (χ2v) is 6.09. The van der Waals surface area contributed by atoms with Gasteiger partial charge in [0, 0.05) is 15.5 Å². The van der Waals surface area contributed by atoms with Gasteiger partial charge in [0.15, 0.2) is 0 Å². The van der Waals surface area contributed by atoms with Crippen LogP contribution in [-0.4, -0.2) is 5.91 Å². The Kier molecular flexibility index (Phi) is 4.36. The molecule has 1 heterocycles. The van der Waals surface area contributed by atoms with Crippen LogP contribution in [0.2, 0.25) is 0 Å². The van der Waals surface area contributed by atoms with Gasteiger partial charge >= 0.3 is 0 Å². The molecule has 0 fully saturated rings. The lowest BCUT2D eigenvalue weighted by molar-refractivity contribution is 0.0954. The predicted octanol–water partition coefficient (Wildman–Crippen LogP) is 4.20. The molecule has 2 nitrogen and oxygen atoms in total. The molecule has 0 saturated carbocycles. The van der Waals surface area contributed by atoms with E-state index in [2.05, 4.69) is 37.2 Å². The van der Waals surface area contributed by atoms with Crippen LogP contribution in [0.1, 0.15) is 15.2 Å². The molecule has 0 bridgehead atoms. The second-order valence-electron chi connectivity index (χ2n) is 3.41. The number of benzene rings is 1. The molecule has 17 heavy (non-hydrogen) atoms. The second kappa shape index (κ2) is 5.80. The van der Waals surface area contributed by atoms with Crippen LogP contribution in [-0.2, 0) is 6.54 Å². The number of halogens is 2. The first-order valence-electron chi connectivity index (χ1n) is 4.92. The Morgan fingerprint density at radius 3 is 2.47 bits per heavy atom. The third kappa shape index (κ3) is 3.40. The van der Waals surface area contributed by atoms with Crippen LogP contribution in [0.5, 0.6) is 0 Å².